The summed E-state index contributed by atoms with van der Waals surface area (Å²) in [7, 11) is 0. The highest BCUT2D eigenvalue weighted by molar-refractivity contribution is 5.94. The van der Waals surface area contributed by atoms with E-state index < -0.39 is 5.97 Å². The zero-order valence-corrected chi connectivity index (χ0v) is 16.8. The van der Waals surface area contributed by atoms with E-state index in [0.717, 1.165) is 19.3 Å². The predicted octanol–water partition coefficient (Wildman–Crippen LogP) is 3.07. The van der Waals surface area contributed by atoms with E-state index in [2.05, 4.69) is 24.5 Å². The molecule has 6 heteroatoms. The number of amides is 2. The summed E-state index contributed by atoms with van der Waals surface area (Å²) in [5, 5.41) is 5.57. The Labute approximate surface area is 162 Å². The van der Waals surface area contributed by atoms with Crippen molar-refractivity contribution in [3.8, 4) is 0 Å². The minimum absolute atomic E-state index is 0.00972. The molecule has 0 heterocycles. The molecule has 0 saturated carbocycles. The molecule has 1 aromatic carbocycles. The summed E-state index contributed by atoms with van der Waals surface area (Å²) in [4.78, 5) is 35.7. The number of rotatable bonds is 11. The topological polar surface area (TPSA) is 84.5 Å². The molecule has 2 amide bonds. The van der Waals surface area contributed by atoms with Gasteiger partial charge in [0.15, 0.2) is 6.61 Å². The Balaban J connectivity index is 2.23. The Morgan fingerprint density at radius 3 is 2.22 bits per heavy atom. The molecule has 2 atom stereocenters. The second-order valence-corrected chi connectivity index (χ2v) is 7.40. The largest absolute Gasteiger partial charge is 0.456 e. The Bertz CT molecular complexity index is 601. The highest BCUT2D eigenvalue weighted by Crippen LogP contribution is 2.08. The average Bonchev–Trinajstić information content (AvgIpc) is 2.60. The molecule has 2 N–H and O–H groups in total. The first kappa shape index (κ1) is 22.7. The fraction of sp³-hybridized carbons (Fsp3) is 0.571. The molecule has 0 aliphatic rings. The second-order valence-electron chi connectivity index (χ2n) is 7.40. The van der Waals surface area contributed by atoms with Gasteiger partial charge in [-0.2, -0.15) is 0 Å². The third kappa shape index (κ3) is 10.4. The Hall–Kier alpha value is -2.37. The molecule has 0 aliphatic heterocycles. The number of hydrogen-bond acceptors (Lipinski definition) is 4. The summed E-state index contributed by atoms with van der Waals surface area (Å²) >= 11 is 0. The number of ether oxygens (including phenoxy) is 1. The molecule has 0 aliphatic carbocycles. The van der Waals surface area contributed by atoms with Crippen LogP contribution in [0.25, 0.3) is 0 Å². The second kappa shape index (κ2) is 12.1. The summed E-state index contributed by atoms with van der Waals surface area (Å²) < 4.78 is 5.00. The van der Waals surface area contributed by atoms with Gasteiger partial charge in [-0.1, -0.05) is 44.9 Å². The van der Waals surface area contributed by atoms with Crippen LogP contribution in [0.15, 0.2) is 30.3 Å². The lowest BCUT2D eigenvalue weighted by atomic mass is 10.0. The zero-order chi connectivity index (χ0) is 20.2. The highest BCUT2D eigenvalue weighted by atomic mass is 16.5. The first-order valence-corrected chi connectivity index (χ1v) is 9.58. The summed E-state index contributed by atoms with van der Waals surface area (Å²) in [5.74, 6) is -0.415. The van der Waals surface area contributed by atoms with Gasteiger partial charge in [0.25, 0.3) is 11.8 Å². The van der Waals surface area contributed by atoms with E-state index in [9.17, 15) is 14.4 Å². The molecule has 0 bridgehead atoms. The van der Waals surface area contributed by atoms with Crippen LogP contribution < -0.4 is 10.6 Å². The molecule has 1 aromatic rings. The maximum Gasteiger partial charge on any atom is 0.308 e. The lowest BCUT2D eigenvalue weighted by Crippen LogP contribution is -2.37. The standard InChI is InChI=1S/C21H32N2O4/c1-15(2)9-8-10-16(3)22-19(24)14-27-20(25)13-17(4)23-21(26)18-11-6-5-7-12-18/h5-7,11-12,15-17H,8-10,13-14H2,1-4H3,(H,22,24)(H,23,26). The number of carbonyl (C=O) groups excluding carboxylic acids is 3. The van der Waals surface area contributed by atoms with Gasteiger partial charge in [0, 0.05) is 17.6 Å². The van der Waals surface area contributed by atoms with Crippen molar-refractivity contribution in [1.29, 1.82) is 0 Å². The first-order chi connectivity index (χ1) is 12.8. The van der Waals surface area contributed by atoms with E-state index in [1.165, 1.54) is 0 Å². The van der Waals surface area contributed by atoms with Crippen molar-refractivity contribution in [2.45, 2.75) is 65.5 Å². The van der Waals surface area contributed by atoms with Crippen molar-refractivity contribution in [2.24, 2.45) is 5.92 Å². The van der Waals surface area contributed by atoms with Crippen molar-refractivity contribution in [3.05, 3.63) is 35.9 Å². The maximum atomic E-state index is 12.0. The number of benzene rings is 1. The highest BCUT2D eigenvalue weighted by Gasteiger charge is 2.16. The lowest BCUT2D eigenvalue weighted by molar-refractivity contribution is -0.149. The molecule has 27 heavy (non-hydrogen) atoms. The Morgan fingerprint density at radius 2 is 1.59 bits per heavy atom. The summed E-state index contributed by atoms with van der Waals surface area (Å²) in [6.45, 7) is 7.71. The third-order valence-electron chi connectivity index (χ3n) is 4.08. The molecular weight excluding hydrogens is 344 g/mol. The fourth-order valence-corrected chi connectivity index (χ4v) is 2.62. The predicted molar refractivity (Wildman–Crippen MR) is 105 cm³/mol. The van der Waals surface area contributed by atoms with Crippen LogP contribution in [0.3, 0.4) is 0 Å². The molecule has 6 nitrogen and oxygen atoms in total. The molecule has 0 fully saturated rings. The van der Waals surface area contributed by atoms with Crippen LogP contribution in [-0.4, -0.2) is 36.5 Å². The average molecular weight is 376 g/mol. The van der Waals surface area contributed by atoms with Gasteiger partial charge in [-0.3, -0.25) is 14.4 Å². The normalized spacial score (nSPS) is 12.9. The number of nitrogens with one attached hydrogen (secondary N) is 2. The molecule has 1 rings (SSSR count). The van der Waals surface area contributed by atoms with Crippen LogP contribution >= 0.6 is 0 Å². The molecule has 0 radical (unpaired) electrons. The Kier molecular flexibility index (Phi) is 10.2. The van der Waals surface area contributed by atoms with Crippen LogP contribution in [-0.2, 0) is 14.3 Å². The van der Waals surface area contributed by atoms with Crippen LogP contribution in [0.4, 0.5) is 0 Å². The van der Waals surface area contributed by atoms with E-state index in [0.29, 0.717) is 11.5 Å². The van der Waals surface area contributed by atoms with Crippen molar-refractivity contribution in [1.82, 2.24) is 10.6 Å². The van der Waals surface area contributed by atoms with Crippen molar-refractivity contribution >= 4 is 17.8 Å². The molecule has 150 valence electrons. The van der Waals surface area contributed by atoms with Crippen molar-refractivity contribution in [2.75, 3.05) is 6.61 Å². The number of carbonyl (C=O) groups is 3. The molecule has 0 spiro atoms. The van der Waals surface area contributed by atoms with Crippen LogP contribution in [0.5, 0.6) is 0 Å². The minimum atomic E-state index is -0.515. The smallest absolute Gasteiger partial charge is 0.308 e. The fourth-order valence-electron chi connectivity index (χ4n) is 2.62. The minimum Gasteiger partial charge on any atom is -0.456 e. The van der Waals surface area contributed by atoms with Crippen LogP contribution in [0.2, 0.25) is 0 Å². The van der Waals surface area contributed by atoms with Gasteiger partial charge >= 0.3 is 5.97 Å². The van der Waals surface area contributed by atoms with Gasteiger partial charge in [0.1, 0.15) is 0 Å². The first-order valence-electron chi connectivity index (χ1n) is 9.58. The van der Waals surface area contributed by atoms with E-state index >= 15 is 0 Å². The molecule has 2 unspecified atom stereocenters. The molecular formula is C21H32N2O4. The van der Waals surface area contributed by atoms with E-state index in [4.69, 9.17) is 4.74 Å². The quantitative estimate of drug-likeness (QED) is 0.581. The third-order valence-corrected chi connectivity index (χ3v) is 4.08. The van der Waals surface area contributed by atoms with Gasteiger partial charge in [0.05, 0.1) is 6.42 Å². The SMILES string of the molecule is CC(C)CCCC(C)NC(=O)COC(=O)CC(C)NC(=O)c1ccccc1. The summed E-state index contributed by atoms with van der Waals surface area (Å²) in [5.41, 5.74) is 0.531. The van der Waals surface area contributed by atoms with Gasteiger partial charge in [-0.25, -0.2) is 0 Å². The van der Waals surface area contributed by atoms with Gasteiger partial charge < -0.3 is 15.4 Å². The number of esters is 1. The van der Waals surface area contributed by atoms with Crippen LogP contribution in [0.1, 0.15) is 63.7 Å². The number of hydrogen-bond donors (Lipinski definition) is 2. The van der Waals surface area contributed by atoms with Crippen molar-refractivity contribution in [3.63, 3.8) is 0 Å². The van der Waals surface area contributed by atoms with E-state index in [1.54, 1.807) is 31.2 Å². The van der Waals surface area contributed by atoms with Crippen molar-refractivity contribution < 1.29 is 19.1 Å². The zero-order valence-electron chi connectivity index (χ0n) is 16.8. The monoisotopic (exact) mass is 376 g/mol. The molecule has 0 saturated heterocycles. The lowest BCUT2D eigenvalue weighted by Gasteiger charge is -2.16. The van der Waals surface area contributed by atoms with E-state index in [-0.39, 0.29) is 36.9 Å². The Morgan fingerprint density at radius 1 is 0.926 bits per heavy atom. The van der Waals surface area contributed by atoms with Gasteiger partial charge in [-0.15, -0.1) is 0 Å². The van der Waals surface area contributed by atoms with E-state index in [1.807, 2.05) is 13.0 Å². The van der Waals surface area contributed by atoms with Gasteiger partial charge in [0.2, 0.25) is 0 Å². The van der Waals surface area contributed by atoms with Crippen LogP contribution in [0, 0.1) is 5.92 Å². The van der Waals surface area contributed by atoms with Gasteiger partial charge in [-0.05, 0) is 38.3 Å². The maximum absolute atomic E-state index is 12.0. The summed E-state index contributed by atoms with van der Waals surface area (Å²) in [6.07, 6.45) is 3.09. The summed E-state index contributed by atoms with van der Waals surface area (Å²) in [6, 6.07) is 8.45. The molecule has 0 aromatic heterocycles.